The Bertz CT molecular complexity index is 428. The van der Waals surface area contributed by atoms with Crippen LogP contribution >= 0.6 is 7.82 Å². The largest absolute Gasteiger partial charge is 0.756 e. The fourth-order valence-corrected chi connectivity index (χ4v) is 1.75. The Hall–Kier alpha value is -1.28. The van der Waals surface area contributed by atoms with Gasteiger partial charge in [-0.15, -0.1) is 0 Å². The predicted molar refractivity (Wildman–Crippen MR) is 78.2 cm³/mol. The number of nitrogens with one attached hydrogen (secondary N) is 2. The minimum atomic E-state index is -4.25. The van der Waals surface area contributed by atoms with Crippen LogP contribution < -0.4 is 15.5 Å². The zero-order valence-electron chi connectivity index (χ0n) is 12.2. The molecule has 9 nitrogen and oxygen atoms in total. The molecule has 0 rings (SSSR count). The summed E-state index contributed by atoms with van der Waals surface area (Å²) in [6.07, 6.45) is 0.166. The number of hydrogen-bond acceptors (Lipinski definition) is 7. The van der Waals surface area contributed by atoms with E-state index in [1.165, 1.54) is 13.8 Å². The molecule has 0 bridgehead atoms. The van der Waals surface area contributed by atoms with E-state index >= 15 is 0 Å². The van der Waals surface area contributed by atoms with Gasteiger partial charge in [-0.1, -0.05) is 7.43 Å². The van der Waals surface area contributed by atoms with Crippen molar-refractivity contribution in [1.82, 2.24) is 10.6 Å². The summed E-state index contributed by atoms with van der Waals surface area (Å²) in [5.74, 6) is -0.536. The highest BCUT2D eigenvalue weighted by Crippen LogP contribution is 2.36. The number of phosphoric acid groups is 1. The van der Waals surface area contributed by atoms with E-state index in [9.17, 15) is 23.8 Å². The normalized spacial score (nSPS) is 14.2. The summed E-state index contributed by atoms with van der Waals surface area (Å²) in [6, 6.07) is -1.48. The molecule has 0 fully saturated rings. The summed E-state index contributed by atoms with van der Waals surface area (Å²) in [5, 5.41) is 4.78. The smallest absolute Gasteiger partial charge is 0.315 e. The van der Waals surface area contributed by atoms with Crippen molar-refractivity contribution in [2.45, 2.75) is 40.2 Å². The molecule has 0 saturated carbocycles. The number of ketones is 2. The minimum Gasteiger partial charge on any atom is -0.756 e. The molecule has 22 heavy (non-hydrogen) atoms. The van der Waals surface area contributed by atoms with Gasteiger partial charge in [-0.3, -0.25) is 14.2 Å². The summed E-state index contributed by atoms with van der Waals surface area (Å²) in [7, 11) is -3.27. The molecule has 0 aromatic rings. The van der Waals surface area contributed by atoms with E-state index in [-0.39, 0.29) is 45.0 Å². The van der Waals surface area contributed by atoms with E-state index in [0.29, 0.717) is 0 Å². The second kappa shape index (κ2) is 11.3. The highest BCUT2D eigenvalue weighted by atomic mass is 31.2. The Morgan fingerprint density at radius 2 is 1.86 bits per heavy atom. The lowest BCUT2D eigenvalue weighted by Crippen LogP contribution is -2.46. The average molecular weight is 339 g/mol. The molecule has 0 saturated heterocycles. The van der Waals surface area contributed by atoms with Gasteiger partial charge in [0.2, 0.25) is 0 Å². The molecular formula is C12H24N2O7P-. The maximum atomic E-state index is 11.5. The fraction of sp³-hybridized carbons (Fsp3) is 0.750. The first-order valence-corrected chi connectivity index (χ1v) is 7.69. The highest BCUT2D eigenvalue weighted by molar-refractivity contribution is 7.45. The standard InChI is InChI=1S/C11H21N2O7P.CH4/c1-8(14)7-10(9(2)15)13-11(16)12-5-4-6-20-21(17,18)19-3;/h10H,4-7H2,1-3H3,(H,17,18)(H2,12,13,16);1H4/p-1. The minimum absolute atomic E-state index is 0. The molecule has 0 radical (unpaired) electrons. The summed E-state index contributed by atoms with van der Waals surface area (Å²) in [4.78, 5) is 44.5. The highest BCUT2D eigenvalue weighted by Gasteiger charge is 2.18. The van der Waals surface area contributed by atoms with Crippen LogP contribution in [-0.2, 0) is 23.2 Å². The van der Waals surface area contributed by atoms with Crippen LogP contribution in [0.3, 0.4) is 0 Å². The summed E-state index contributed by atoms with van der Waals surface area (Å²) in [5.41, 5.74) is 0. The number of hydrogen-bond donors (Lipinski definition) is 2. The molecule has 0 aliphatic heterocycles. The molecule has 0 aromatic heterocycles. The summed E-state index contributed by atoms with van der Waals surface area (Å²) < 4.78 is 19.4. The van der Waals surface area contributed by atoms with Crippen LogP contribution in [-0.4, -0.2) is 43.9 Å². The zero-order valence-corrected chi connectivity index (χ0v) is 13.1. The van der Waals surface area contributed by atoms with Crippen molar-refractivity contribution in [2.24, 2.45) is 0 Å². The molecule has 0 aliphatic rings. The molecule has 2 amide bonds. The van der Waals surface area contributed by atoms with Crippen LogP contribution in [0.2, 0.25) is 0 Å². The molecule has 0 heterocycles. The fourth-order valence-electron chi connectivity index (χ4n) is 1.30. The van der Waals surface area contributed by atoms with E-state index in [1.54, 1.807) is 0 Å². The van der Waals surface area contributed by atoms with Crippen molar-refractivity contribution < 1.29 is 32.9 Å². The van der Waals surface area contributed by atoms with Gasteiger partial charge in [-0.25, -0.2) is 4.79 Å². The van der Waals surface area contributed by atoms with Crippen molar-refractivity contribution in [3.05, 3.63) is 0 Å². The van der Waals surface area contributed by atoms with Gasteiger partial charge in [0, 0.05) is 20.1 Å². The van der Waals surface area contributed by atoms with Crippen LogP contribution in [0.1, 0.15) is 34.1 Å². The van der Waals surface area contributed by atoms with E-state index in [1.807, 2.05) is 0 Å². The maximum Gasteiger partial charge on any atom is 0.315 e. The third-order valence-electron chi connectivity index (χ3n) is 2.37. The van der Waals surface area contributed by atoms with Crippen molar-refractivity contribution in [1.29, 1.82) is 0 Å². The first kappa shape index (κ1) is 23.0. The van der Waals surface area contributed by atoms with Crippen LogP contribution in [0, 0.1) is 0 Å². The molecule has 130 valence electrons. The van der Waals surface area contributed by atoms with E-state index in [4.69, 9.17) is 0 Å². The summed E-state index contributed by atoms with van der Waals surface area (Å²) >= 11 is 0. The number of phosphoric ester groups is 1. The second-order valence-electron chi connectivity index (χ2n) is 4.29. The topological polar surface area (TPSA) is 134 Å². The molecule has 2 N–H and O–H groups in total. The van der Waals surface area contributed by atoms with Crippen molar-refractivity contribution >= 4 is 25.4 Å². The van der Waals surface area contributed by atoms with E-state index in [2.05, 4.69) is 19.7 Å². The molecule has 0 aliphatic carbocycles. The Labute approximate surface area is 130 Å². The quantitative estimate of drug-likeness (QED) is 0.434. The van der Waals surface area contributed by atoms with Crippen LogP contribution in [0.15, 0.2) is 0 Å². The second-order valence-corrected chi connectivity index (χ2v) is 5.80. The first-order valence-electron chi connectivity index (χ1n) is 6.23. The lowest BCUT2D eigenvalue weighted by Gasteiger charge is -2.20. The number of amides is 2. The van der Waals surface area contributed by atoms with E-state index < -0.39 is 19.9 Å². The van der Waals surface area contributed by atoms with Crippen LogP contribution in [0.5, 0.6) is 0 Å². The van der Waals surface area contributed by atoms with Gasteiger partial charge in [-0.05, 0) is 20.3 Å². The number of rotatable bonds is 10. The maximum absolute atomic E-state index is 11.5. The van der Waals surface area contributed by atoms with Gasteiger partial charge < -0.3 is 24.6 Å². The Morgan fingerprint density at radius 1 is 1.27 bits per heavy atom. The molecule has 2 atom stereocenters. The molecule has 2 unspecified atom stereocenters. The van der Waals surface area contributed by atoms with Crippen LogP contribution in [0.25, 0.3) is 0 Å². The number of urea groups is 1. The monoisotopic (exact) mass is 339 g/mol. The molecule has 0 aromatic carbocycles. The van der Waals surface area contributed by atoms with Gasteiger partial charge in [0.15, 0.2) is 5.78 Å². The SMILES string of the molecule is C.COP(=O)([O-])OCCCNC(=O)NC(CC(C)=O)C(C)=O. The lowest BCUT2D eigenvalue weighted by atomic mass is 10.1. The van der Waals surface area contributed by atoms with Crippen molar-refractivity contribution in [2.75, 3.05) is 20.3 Å². The van der Waals surface area contributed by atoms with E-state index in [0.717, 1.165) is 7.11 Å². The lowest BCUT2D eigenvalue weighted by molar-refractivity contribution is -0.222. The zero-order chi connectivity index (χ0) is 16.5. The van der Waals surface area contributed by atoms with Gasteiger partial charge in [-0.2, -0.15) is 0 Å². The number of carbonyl (C=O) groups excluding carboxylic acids is 3. The van der Waals surface area contributed by atoms with Gasteiger partial charge in [0.05, 0.1) is 12.6 Å². The first-order chi connectivity index (χ1) is 9.68. The Kier molecular flexibility index (Phi) is 11.8. The van der Waals surface area contributed by atoms with Crippen LogP contribution in [0.4, 0.5) is 4.79 Å². The Balaban J connectivity index is 0. The number of carbonyl (C=O) groups is 3. The molecular weight excluding hydrogens is 315 g/mol. The van der Waals surface area contributed by atoms with Crippen molar-refractivity contribution in [3.8, 4) is 0 Å². The predicted octanol–water partition coefficient (Wildman–Crippen LogP) is 0.380. The average Bonchev–Trinajstić information content (AvgIpc) is 2.36. The third-order valence-corrected chi connectivity index (χ3v) is 3.31. The molecule has 10 heteroatoms. The van der Waals surface area contributed by atoms with Crippen molar-refractivity contribution in [3.63, 3.8) is 0 Å². The van der Waals surface area contributed by atoms with Gasteiger partial charge >= 0.3 is 6.03 Å². The number of Topliss-reactive ketones (excluding diaryl/α,β-unsaturated/α-hetero) is 2. The summed E-state index contributed by atoms with van der Waals surface area (Å²) in [6.45, 7) is 2.60. The Morgan fingerprint density at radius 3 is 2.32 bits per heavy atom. The van der Waals surface area contributed by atoms with Gasteiger partial charge in [0.1, 0.15) is 5.78 Å². The van der Waals surface area contributed by atoms with Gasteiger partial charge in [0.25, 0.3) is 7.82 Å². The molecule has 0 spiro atoms. The third kappa shape index (κ3) is 11.4.